The Labute approximate surface area is 136 Å². The van der Waals surface area contributed by atoms with E-state index >= 15 is 0 Å². The summed E-state index contributed by atoms with van der Waals surface area (Å²) in [5.74, 6) is 0.287. The van der Waals surface area contributed by atoms with Crippen LogP contribution in [0.5, 0.6) is 0 Å². The van der Waals surface area contributed by atoms with E-state index in [1.165, 1.54) is 16.7 Å². The highest BCUT2D eigenvalue weighted by atomic mass is 35.5. The Morgan fingerprint density at radius 3 is 2.73 bits per heavy atom. The third kappa shape index (κ3) is 3.67. The number of likely N-dealkylation sites (tertiary alicyclic amines) is 1. The number of benzene rings is 1. The van der Waals surface area contributed by atoms with Crippen molar-refractivity contribution in [1.29, 1.82) is 0 Å². The van der Waals surface area contributed by atoms with Crippen molar-refractivity contribution < 1.29 is 5.11 Å². The third-order valence-corrected chi connectivity index (χ3v) is 4.66. The lowest BCUT2D eigenvalue weighted by Gasteiger charge is -2.17. The first kappa shape index (κ1) is 15.5. The molecule has 0 radical (unpaired) electrons. The van der Waals surface area contributed by atoms with E-state index in [0.717, 1.165) is 31.1 Å². The van der Waals surface area contributed by atoms with Crippen LogP contribution < -0.4 is 0 Å². The first-order valence-corrected chi connectivity index (χ1v) is 8.04. The Morgan fingerprint density at radius 2 is 2.00 bits per heavy atom. The number of hydrogen-bond acceptors (Lipinski definition) is 3. The van der Waals surface area contributed by atoms with Crippen molar-refractivity contribution in [3.63, 3.8) is 0 Å². The van der Waals surface area contributed by atoms with E-state index in [2.05, 4.69) is 22.9 Å². The molecule has 1 aliphatic heterocycles. The van der Waals surface area contributed by atoms with Crippen LogP contribution in [0.15, 0.2) is 42.7 Å². The molecule has 1 saturated heterocycles. The maximum atomic E-state index is 10.3. The fraction of sp³-hybridized carbons (Fsp3) is 0.389. The van der Waals surface area contributed by atoms with Gasteiger partial charge in [0.2, 0.25) is 0 Å². The van der Waals surface area contributed by atoms with Gasteiger partial charge in [-0.25, -0.2) is 0 Å². The molecule has 0 aliphatic carbocycles. The molecule has 1 aromatic heterocycles. The molecule has 3 nitrogen and oxygen atoms in total. The molecule has 0 bridgehead atoms. The molecule has 2 aromatic rings. The molecule has 1 N–H and O–H groups in total. The van der Waals surface area contributed by atoms with Crippen molar-refractivity contribution in [2.24, 2.45) is 5.92 Å². The second-order valence-corrected chi connectivity index (χ2v) is 6.59. The topological polar surface area (TPSA) is 36.4 Å². The van der Waals surface area contributed by atoms with Crippen molar-refractivity contribution in [2.75, 3.05) is 13.1 Å². The van der Waals surface area contributed by atoms with Crippen molar-refractivity contribution >= 4 is 11.6 Å². The summed E-state index contributed by atoms with van der Waals surface area (Å²) in [6, 6.07) is 10.1. The number of aliphatic hydroxyl groups is 1. The van der Waals surface area contributed by atoms with Crippen molar-refractivity contribution in [2.45, 2.75) is 26.0 Å². The van der Waals surface area contributed by atoms with Gasteiger partial charge in [-0.05, 0) is 54.3 Å². The maximum absolute atomic E-state index is 10.3. The molecule has 0 saturated carbocycles. The lowest BCUT2D eigenvalue weighted by molar-refractivity contribution is 0.141. The maximum Gasteiger partial charge on any atom is 0.0710 e. The Hall–Kier alpha value is -1.42. The molecule has 1 aromatic carbocycles. The second kappa shape index (κ2) is 6.78. The number of rotatable bonds is 4. The first-order valence-electron chi connectivity index (χ1n) is 7.66. The molecule has 0 spiro atoms. The number of nitrogens with zero attached hydrogens (tertiary/aromatic N) is 2. The zero-order valence-corrected chi connectivity index (χ0v) is 13.5. The van der Waals surface area contributed by atoms with E-state index in [-0.39, 0.29) is 12.0 Å². The molecule has 2 atom stereocenters. The molecule has 1 fully saturated rings. The van der Waals surface area contributed by atoms with Crippen LogP contribution in [0.3, 0.4) is 0 Å². The highest BCUT2D eigenvalue weighted by Crippen LogP contribution is 2.24. The number of pyridine rings is 1. The summed E-state index contributed by atoms with van der Waals surface area (Å²) in [4.78, 5) is 6.37. The normalized spacial score (nSPS) is 22.1. The highest BCUT2D eigenvalue weighted by Gasteiger charge is 2.31. The van der Waals surface area contributed by atoms with Gasteiger partial charge in [-0.2, -0.15) is 0 Å². The average molecular weight is 317 g/mol. The predicted molar refractivity (Wildman–Crippen MR) is 88.9 cm³/mol. The van der Waals surface area contributed by atoms with Crippen molar-refractivity contribution in [1.82, 2.24) is 9.88 Å². The molecule has 116 valence electrons. The van der Waals surface area contributed by atoms with Crippen LogP contribution in [0.2, 0.25) is 5.02 Å². The smallest absolute Gasteiger partial charge is 0.0710 e. The molecular weight excluding hydrogens is 296 g/mol. The molecule has 2 heterocycles. The van der Waals surface area contributed by atoms with E-state index in [1.54, 1.807) is 0 Å². The van der Waals surface area contributed by atoms with E-state index in [1.807, 2.05) is 36.7 Å². The minimum Gasteiger partial charge on any atom is -0.391 e. The van der Waals surface area contributed by atoms with E-state index in [9.17, 15) is 5.11 Å². The van der Waals surface area contributed by atoms with Crippen LogP contribution in [0.1, 0.15) is 16.7 Å². The van der Waals surface area contributed by atoms with Gasteiger partial charge in [-0.15, -0.1) is 0 Å². The molecule has 0 unspecified atom stereocenters. The average Bonchev–Trinajstić information content (AvgIpc) is 2.83. The van der Waals surface area contributed by atoms with Gasteiger partial charge in [0.05, 0.1) is 6.10 Å². The summed E-state index contributed by atoms with van der Waals surface area (Å²) in [7, 11) is 0. The lowest BCUT2D eigenvalue weighted by Crippen LogP contribution is -2.21. The molecule has 22 heavy (non-hydrogen) atoms. The van der Waals surface area contributed by atoms with Crippen molar-refractivity contribution in [3.05, 3.63) is 64.4 Å². The largest absolute Gasteiger partial charge is 0.391 e. The molecule has 3 rings (SSSR count). The monoisotopic (exact) mass is 316 g/mol. The van der Waals surface area contributed by atoms with E-state index in [4.69, 9.17) is 11.6 Å². The van der Waals surface area contributed by atoms with Gasteiger partial charge >= 0.3 is 0 Å². The second-order valence-electron chi connectivity index (χ2n) is 6.15. The Bertz CT molecular complexity index is 632. The van der Waals surface area contributed by atoms with Gasteiger partial charge in [-0.1, -0.05) is 17.7 Å². The van der Waals surface area contributed by atoms with Crippen LogP contribution in [0, 0.1) is 12.8 Å². The fourth-order valence-electron chi connectivity index (χ4n) is 3.17. The van der Waals surface area contributed by atoms with Gasteiger partial charge in [0, 0.05) is 43.0 Å². The van der Waals surface area contributed by atoms with Gasteiger partial charge in [0.25, 0.3) is 0 Å². The number of aryl methyl sites for hydroxylation is 1. The molecule has 1 aliphatic rings. The summed E-state index contributed by atoms with van der Waals surface area (Å²) in [6.45, 7) is 4.61. The minimum atomic E-state index is -0.263. The van der Waals surface area contributed by atoms with Crippen LogP contribution in [0.4, 0.5) is 0 Å². The summed E-state index contributed by atoms with van der Waals surface area (Å²) in [5, 5.41) is 11.1. The van der Waals surface area contributed by atoms with E-state index < -0.39 is 0 Å². The SMILES string of the molecule is Cc1cc(Cl)ccc1CN1C[C@@H](Cc2ccncc2)[C@@H](O)C1. The zero-order valence-electron chi connectivity index (χ0n) is 12.7. The quantitative estimate of drug-likeness (QED) is 0.941. The molecule has 4 heteroatoms. The summed E-state index contributed by atoms with van der Waals surface area (Å²) < 4.78 is 0. The van der Waals surface area contributed by atoms with Crippen LogP contribution in [-0.4, -0.2) is 34.2 Å². The fourth-order valence-corrected chi connectivity index (χ4v) is 3.40. The molecular formula is C18H21ClN2O. The number of hydrogen-bond donors (Lipinski definition) is 1. The number of aliphatic hydroxyl groups excluding tert-OH is 1. The summed E-state index contributed by atoms with van der Waals surface area (Å²) >= 11 is 6.01. The Balaban J connectivity index is 1.63. The van der Waals surface area contributed by atoms with E-state index in [0.29, 0.717) is 0 Å². The van der Waals surface area contributed by atoms with Crippen LogP contribution >= 0.6 is 11.6 Å². The first-order chi connectivity index (χ1) is 10.6. The standard InChI is InChI=1S/C18H21ClN2O/c1-13-8-17(19)3-2-15(13)10-21-11-16(18(22)12-21)9-14-4-6-20-7-5-14/h2-8,16,18,22H,9-12H2,1H3/t16-,18+/m1/s1. The van der Waals surface area contributed by atoms with Gasteiger partial charge in [0.15, 0.2) is 0 Å². The minimum absolute atomic E-state index is 0.263. The highest BCUT2D eigenvalue weighted by molar-refractivity contribution is 6.30. The van der Waals surface area contributed by atoms with Crippen LogP contribution in [-0.2, 0) is 13.0 Å². The Morgan fingerprint density at radius 1 is 1.23 bits per heavy atom. The van der Waals surface area contributed by atoms with Crippen LogP contribution in [0.25, 0.3) is 0 Å². The lowest BCUT2D eigenvalue weighted by atomic mass is 9.97. The third-order valence-electron chi connectivity index (χ3n) is 4.43. The summed E-state index contributed by atoms with van der Waals surface area (Å²) in [5.41, 5.74) is 3.73. The van der Waals surface area contributed by atoms with Crippen molar-refractivity contribution in [3.8, 4) is 0 Å². The number of aromatic nitrogens is 1. The zero-order chi connectivity index (χ0) is 15.5. The van der Waals surface area contributed by atoms with Gasteiger partial charge in [0.1, 0.15) is 0 Å². The number of halogens is 1. The van der Waals surface area contributed by atoms with Gasteiger partial charge < -0.3 is 5.11 Å². The molecule has 0 amide bonds. The Kier molecular flexibility index (Phi) is 4.77. The van der Waals surface area contributed by atoms with Gasteiger partial charge in [-0.3, -0.25) is 9.88 Å². The number of β-amino-alcohol motifs (C(OH)–C–C–N with tert-alkyl or cyclic N) is 1. The predicted octanol–water partition coefficient (Wildman–Crippen LogP) is 3.08. The summed E-state index contributed by atoms with van der Waals surface area (Å²) in [6.07, 6.45) is 4.26.